The Morgan fingerprint density at radius 3 is 2.71 bits per heavy atom. The summed E-state index contributed by atoms with van der Waals surface area (Å²) < 4.78 is 1.94. The van der Waals surface area contributed by atoms with Crippen molar-refractivity contribution in [2.24, 2.45) is 0 Å². The Morgan fingerprint density at radius 2 is 2.08 bits per heavy atom. The largest absolute Gasteiger partial charge is 0.310 e. The van der Waals surface area contributed by atoms with Gasteiger partial charge in [0.25, 0.3) is 0 Å². The summed E-state index contributed by atoms with van der Waals surface area (Å²) in [5, 5.41) is 7.47. The number of likely N-dealkylation sites (N-methyl/N-ethyl adjacent to an activating group) is 1. The van der Waals surface area contributed by atoms with E-state index in [9.17, 15) is 4.79 Å². The van der Waals surface area contributed by atoms with Crippen LogP contribution in [0.1, 0.15) is 43.9 Å². The minimum Gasteiger partial charge on any atom is -0.310 e. The van der Waals surface area contributed by atoms with E-state index in [-0.39, 0.29) is 5.91 Å². The molecule has 2 aromatic heterocycles. The van der Waals surface area contributed by atoms with E-state index in [0.29, 0.717) is 19.1 Å². The van der Waals surface area contributed by atoms with Gasteiger partial charge in [-0.1, -0.05) is 19.9 Å². The van der Waals surface area contributed by atoms with E-state index in [4.69, 9.17) is 0 Å². The number of rotatable bonds is 8. The van der Waals surface area contributed by atoms with Crippen molar-refractivity contribution in [1.29, 1.82) is 0 Å². The maximum atomic E-state index is 12.4. The van der Waals surface area contributed by atoms with Crippen molar-refractivity contribution in [3.63, 3.8) is 0 Å². The van der Waals surface area contributed by atoms with Gasteiger partial charge in [-0.25, -0.2) is 4.68 Å². The molecule has 2 heterocycles. The molecule has 0 aliphatic carbocycles. The van der Waals surface area contributed by atoms with Crippen LogP contribution in [0.4, 0.5) is 5.82 Å². The Bertz CT molecular complexity index is 649. The third-order valence-electron chi connectivity index (χ3n) is 4.11. The van der Waals surface area contributed by atoms with Gasteiger partial charge in [0.2, 0.25) is 5.91 Å². The number of anilines is 1. The predicted molar refractivity (Wildman–Crippen MR) is 95.8 cm³/mol. The molecule has 0 atom stereocenters. The van der Waals surface area contributed by atoms with Crippen molar-refractivity contribution in [3.05, 3.63) is 41.9 Å². The average molecular weight is 329 g/mol. The maximum Gasteiger partial charge on any atom is 0.239 e. The number of hydrogen-bond acceptors (Lipinski definition) is 4. The molecule has 0 aliphatic rings. The highest BCUT2D eigenvalue weighted by molar-refractivity contribution is 5.92. The number of pyridine rings is 1. The third-order valence-corrected chi connectivity index (χ3v) is 4.11. The smallest absolute Gasteiger partial charge is 0.239 e. The number of nitrogens with zero attached hydrogens (tertiary/aromatic N) is 4. The quantitative estimate of drug-likeness (QED) is 0.808. The molecule has 1 amide bonds. The molecule has 24 heavy (non-hydrogen) atoms. The van der Waals surface area contributed by atoms with Crippen LogP contribution in [0, 0.1) is 6.92 Å². The first-order valence-electron chi connectivity index (χ1n) is 8.46. The molecular weight excluding hydrogens is 302 g/mol. The molecule has 2 rings (SSSR count). The van der Waals surface area contributed by atoms with Gasteiger partial charge in [-0.2, -0.15) is 5.10 Å². The third kappa shape index (κ3) is 4.64. The number of aromatic nitrogens is 3. The molecule has 6 nitrogen and oxygen atoms in total. The van der Waals surface area contributed by atoms with Gasteiger partial charge in [0, 0.05) is 24.5 Å². The summed E-state index contributed by atoms with van der Waals surface area (Å²) in [4.78, 5) is 18.5. The first kappa shape index (κ1) is 18.1. The Hall–Kier alpha value is -2.21. The van der Waals surface area contributed by atoms with Crippen molar-refractivity contribution >= 4 is 11.7 Å². The van der Waals surface area contributed by atoms with E-state index in [0.717, 1.165) is 29.8 Å². The number of nitrogens with one attached hydrogen (secondary N) is 1. The monoisotopic (exact) mass is 329 g/mol. The molecule has 6 heteroatoms. The van der Waals surface area contributed by atoms with E-state index in [1.165, 1.54) is 0 Å². The topological polar surface area (TPSA) is 63.1 Å². The van der Waals surface area contributed by atoms with E-state index >= 15 is 0 Å². The van der Waals surface area contributed by atoms with Gasteiger partial charge in [0.1, 0.15) is 5.82 Å². The van der Waals surface area contributed by atoms with E-state index in [1.54, 1.807) is 6.20 Å². The molecule has 0 aliphatic heterocycles. The lowest BCUT2D eigenvalue weighted by molar-refractivity contribution is -0.117. The lowest BCUT2D eigenvalue weighted by Crippen LogP contribution is -2.31. The average Bonchev–Trinajstić information content (AvgIpc) is 2.91. The second kappa shape index (κ2) is 8.59. The number of aryl methyl sites for hydroxylation is 1. The highest BCUT2D eigenvalue weighted by Gasteiger charge is 2.17. The van der Waals surface area contributed by atoms with Gasteiger partial charge >= 0.3 is 0 Å². The molecule has 1 N–H and O–H groups in total. The van der Waals surface area contributed by atoms with Gasteiger partial charge in [0.05, 0.1) is 18.8 Å². The highest BCUT2D eigenvalue weighted by Crippen LogP contribution is 2.23. The molecule has 0 radical (unpaired) electrons. The van der Waals surface area contributed by atoms with Crippen LogP contribution in [0.2, 0.25) is 0 Å². The Morgan fingerprint density at radius 1 is 1.33 bits per heavy atom. The molecule has 0 fully saturated rings. The lowest BCUT2D eigenvalue weighted by atomic mass is 10.2. The molecule has 2 aromatic rings. The summed E-state index contributed by atoms with van der Waals surface area (Å²) in [6.07, 6.45) is 7.36. The zero-order valence-corrected chi connectivity index (χ0v) is 15.0. The van der Waals surface area contributed by atoms with Crippen molar-refractivity contribution in [2.75, 3.05) is 18.9 Å². The molecular formula is C18H27N5O. The standard InChI is InChI=1S/C18H27N5O/c1-5-16(6-2)23-18(14(3)10-20-23)21-17(24)13-22(4)12-15-8-7-9-19-11-15/h7-11,16H,5-6,12-13H2,1-4H3,(H,21,24). The van der Waals surface area contributed by atoms with E-state index in [2.05, 4.69) is 29.2 Å². The SMILES string of the molecule is CCC(CC)n1ncc(C)c1NC(=O)CN(C)Cc1cccnc1. The fourth-order valence-corrected chi connectivity index (χ4v) is 2.79. The predicted octanol–water partition coefficient (Wildman–Crippen LogP) is 3.02. The molecule has 0 bridgehead atoms. The summed E-state index contributed by atoms with van der Waals surface area (Å²) in [6, 6.07) is 4.22. The van der Waals surface area contributed by atoms with Crippen LogP contribution < -0.4 is 5.32 Å². The van der Waals surface area contributed by atoms with Crippen molar-refractivity contribution < 1.29 is 4.79 Å². The number of carbonyl (C=O) groups is 1. The number of hydrogen-bond donors (Lipinski definition) is 1. The van der Waals surface area contributed by atoms with Crippen LogP contribution in [0.15, 0.2) is 30.7 Å². The first-order chi connectivity index (χ1) is 11.5. The van der Waals surface area contributed by atoms with Crippen molar-refractivity contribution in [2.45, 2.75) is 46.2 Å². The molecule has 130 valence electrons. The van der Waals surface area contributed by atoms with Crippen molar-refractivity contribution in [1.82, 2.24) is 19.7 Å². The zero-order chi connectivity index (χ0) is 17.5. The summed E-state index contributed by atoms with van der Waals surface area (Å²) in [6.45, 7) is 7.26. The number of amides is 1. The van der Waals surface area contributed by atoms with Crippen LogP contribution in [-0.2, 0) is 11.3 Å². The Kier molecular flexibility index (Phi) is 6.49. The van der Waals surface area contributed by atoms with Crippen LogP contribution in [-0.4, -0.2) is 39.2 Å². The summed E-state index contributed by atoms with van der Waals surface area (Å²) in [5.74, 6) is 0.778. The minimum atomic E-state index is -0.0304. The van der Waals surface area contributed by atoms with Crippen LogP contribution >= 0.6 is 0 Å². The van der Waals surface area contributed by atoms with Crippen LogP contribution in [0.5, 0.6) is 0 Å². The van der Waals surface area contributed by atoms with Crippen LogP contribution in [0.3, 0.4) is 0 Å². The molecule has 0 saturated heterocycles. The van der Waals surface area contributed by atoms with Crippen LogP contribution in [0.25, 0.3) is 0 Å². The Balaban J connectivity index is 1.98. The zero-order valence-electron chi connectivity index (χ0n) is 15.0. The second-order valence-electron chi connectivity index (χ2n) is 6.17. The fourth-order valence-electron chi connectivity index (χ4n) is 2.79. The van der Waals surface area contributed by atoms with Gasteiger partial charge < -0.3 is 5.32 Å². The minimum absolute atomic E-state index is 0.0304. The van der Waals surface area contributed by atoms with Gasteiger partial charge in [-0.15, -0.1) is 0 Å². The van der Waals surface area contributed by atoms with E-state index < -0.39 is 0 Å². The molecule has 0 aromatic carbocycles. The second-order valence-corrected chi connectivity index (χ2v) is 6.17. The number of carbonyl (C=O) groups excluding carboxylic acids is 1. The van der Waals surface area contributed by atoms with Gasteiger partial charge in [-0.3, -0.25) is 14.7 Å². The lowest BCUT2D eigenvalue weighted by Gasteiger charge is -2.19. The molecule has 0 unspecified atom stereocenters. The first-order valence-corrected chi connectivity index (χ1v) is 8.46. The summed E-state index contributed by atoms with van der Waals surface area (Å²) in [5.41, 5.74) is 2.08. The molecule has 0 spiro atoms. The fraction of sp³-hybridized carbons (Fsp3) is 0.500. The normalized spacial score (nSPS) is 11.2. The van der Waals surface area contributed by atoms with Gasteiger partial charge in [-0.05, 0) is 38.4 Å². The maximum absolute atomic E-state index is 12.4. The van der Waals surface area contributed by atoms with Crippen molar-refractivity contribution in [3.8, 4) is 0 Å². The van der Waals surface area contributed by atoms with Gasteiger partial charge in [0.15, 0.2) is 0 Å². The summed E-state index contributed by atoms with van der Waals surface area (Å²) in [7, 11) is 1.93. The Labute approximate surface area is 143 Å². The molecule has 0 saturated carbocycles. The van der Waals surface area contributed by atoms with E-state index in [1.807, 2.05) is 48.1 Å². The highest BCUT2D eigenvalue weighted by atomic mass is 16.2. The summed E-state index contributed by atoms with van der Waals surface area (Å²) >= 11 is 0.